The molecule has 1 unspecified atom stereocenters. The van der Waals surface area contributed by atoms with Crippen molar-refractivity contribution in [1.82, 2.24) is 25.8 Å². The number of nitrogens with two attached hydrogens (primary N) is 1. The van der Waals surface area contributed by atoms with E-state index in [0.29, 0.717) is 19.4 Å². The molecular formula is C28H46N6O6. The fourth-order valence-electron chi connectivity index (χ4n) is 5.95. The van der Waals surface area contributed by atoms with E-state index in [2.05, 4.69) is 16.0 Å². The number of nitrogens with one attached hydrogen (secondary N) is 3. The number of ketones is 1. The highest BCUT2D eigenvalue weighted by atomic mass is 16.2. The number of piperidine rings is 1. The van der Waals surface area contributed by atoms with Crippen molar-refractivity contribution in [2.24, 2.45) is 40.2 Å². The Hall–Kier alpha value is -3.18. The number of urea groups is 1. The molecular weight excluding hydrogens is 516 g/mol. The highest BCUT2D eigenvalue weighted by molar-refractivity contribution is 6.38. The van der Waals surface area contributed by atoms with E-state index in [1.807, 2.05) is 48.5 Å². The number of fused-ring (bicyclic) bond motifs is 1. The van der Waals surface area contributed by atoms with E-state index in [1.54, 1.807) is 14.1 Å². The van der Waals surface area contributed by atoms with Gasteiger partial charge in [-0.25, -0.2) is 4.79 Å². The van der Waals surface area contributed by atoms with Gasteiger partial charge in [-0.3, -0.25) is 24.0 Å². The van der Waals surface area contributed by atoms with Crippen LogP contribution in [-0.4, -0.2) is 90.1 Å². The molecule has 6 atom stereocenters. The summed E-state index contributed by atoms with van der Waals surface area (Å²) in [5.41, 5.74) is 4.33. The highest BCUT2D eigenvalue weighted by Crippen LogP contribution is 2.65. The number of likely N-dealkylation sites (N-methyl/N-ethyl adjacent to an activating group) is 1. The second-order valence-corrected chi connectivity index (χ2v) is 13.8. The van der Waals surface area contributed by atoms with Gasteiger partial charge in [0.2, 0.25) is 23.5 Å². The van der Waals surface area contributed by atoms with Crippen LogP contribution in [0.25, 0.3) is 0 Å². The van der Waals surface area contributed by atoms with Gasteiger partial charge in [0, 0.05) is 20.6 Å². The van der Waals surface area contributed by atoms with Gasteiger partial charge in [0.1, 0.15) is 24.2 Å². The molecule has 40 heavy (non-hydrogen) atoms. The number of Topliss-reactive ketones (excluding diaryl/α,β-unsaturated/α-hetero) is 1. The third kappa shape index (κ3) is 6.25. The van der Waals surface area contributed by atoms with Crippen LogP contribution in [0.5, 0.6) is 0 Å². The third-order valence-corrected chi connectivity index (χ3v) is 8.73. The summed E-state index contributed by atoms with van der Waals surface area (Å²) in [5.74, 6) is -3.50. The Morgan fingerprint density at radius 1 is 0.975 bits per heavy atom. The van der Waals surface area contributed by atoms with Crippen LogP contribution in [-0.2, 0) is 24.0 Å². The van der Waals surface area contributed by atoms with Crippen molar-refractivity contribution >= 4 is 35.4 Å². The Bertz CT molecular complexity index is 1080. The maximum atomic E-state index is 14.0. The first-order valence-electron chi connectivity index (χ1n) is 14.0. The molecule has 0 bridgehead atoms. The summed E-state index contributed by atoms with van der Waals surface area (Å²) in [7, 11) is 3.21. The van der Waals surface area contributed by atoms with Gasteiger partial charge in [-0.15, -0.1) is 0 Å². The number of primary amides is 1. The Labute approximate surface area is 236 Å². The monoisotopic (exact) mass is 562 g/mol. The third-order valence-electron chi connectivity index (χ3n) is 8.73. The average molecular weight is 563 g/mol. The minimum absolute atomic E-state index is 0.0795. The first-order valence-corrected chi connectivity index (χ1v) is 14.0. The maximum absolute atomic E-state index is 14.0. The first kappa shape index (κ1) is 31.3. The van der Waals surface area contributed by atoms with E-state index in [-0.39, 0.29) is 35.0 Å². The largest absolute Gasteiger partial charge is 0.363 e. The van der Waals surface area contributed by atoms with Gasteiger partial charge in [0.05, 0.1) is 0 Å². The fourth-order valence-corrected chi connectivity index (χ4v) is 5.95. The van der Waals surface area contributed by atoms with Crippen molar-refractivity contribution in [1.29, 1.82) is 0 Å². The summed E-state index contributed by atoms with van der Waals surface area (Å²) in [6.45, 7) is 13.5. The molecule has 3 aliphatic rings. The minimum atomic E-state index is -1.10. The Balaban J connectivity index is 1.83. The van der Waals surface area contributed by atoms with Crippen molar-refractivity contribution in [3.05, 3.63) is 0 Å². The number of carbonyl (C=O) groups is 6. The zero-order valence-corrected chi connectivity index (χ0v) is 25.2. The quantitative estimate of drug-likeness (QED) is 0.278. The van der Waals surface area contributed by atoms with Gasteiger partial charge < -0.3 is 31.5 Å². The van der Waals surface area contributed by atoms with E-state index >= 15 is 0 Å². The van der Waals surface area contributed by atoms with Crippen LogP contribution in [0.2, 0.25) is 0 Å². The summed E-state index contributed by atoms with van der Waals surface area (Å²) in [6, 6.07) is -4.31. The molecule has 3 fully saturated rings. The summed E-state index contributed by atoms with van der Waals surface area (Å²) in [4.78, 5) is 80.4. The second kappa shape index (κ2) is 11.0. The summed E-state index contributed by atoms with van der Waals surface area (Å²) in [6.07, 6.45) is 1.40. The van der Waals surface area contributed by atoms with Crippen molar-refractivity contribution in [3.63, 3.8) is 0 Å². The molecule has 1 heterocycles. The van der Waals surface area contributed by atoms with Crippen LogP contribution < -0.4 is 21.7 Å². The van der Waals surface area contributed by atoms with Crippen LogP contribution in [0.3, 0.4) is 0 Å². The number of carbonyl (C=O) groups excluding carboxylic acids is 6. The summed E-state index contributed by atoms with van der Waals surface area (Å²) in [5, 5.41) is 8.21. The molecule has 1 saturated heterocycles. The van der Waals surface area contributed by atoms with Gasteiger partial charge in [-0.05, 0) is 47.3 Å². The first-order chi connectivity index (χ1) is 18.3. The molecule has 224 valence electrons. The predicted molar refractivity (Wildman–Crippen MR) is 147 cm³/mol. The number of amides is 6. The van der Waals surface area contributed by atoms with Crippen LogP contribution in [0.4, 0.5) is 4.79 Å². The van der Waals surface area contributed by atoms with Crippen molar-refractivity contribution < 1.29 is 28.8 Å². The molecule has 3 rings (SSSR count). The molecule has 6 amide bonds. The highest BCUT2D eigenvalue weighted by Gasteiger charge is 2.70. The van der Waals surface area contributed by atoms with E-state index in [9.17, 15) is 28.8 Å². The van der Waals surface area contributed by atoms with Gasteiger partial charge in [0.25, 0.3) is 5.91 Å². The molecule has 2 saturated carbocycles. The Kier molecular flexibility index (Phi) is 8.62. The lowest BCUT2D eigenvalue weighted by molar-refractivity contribution is -0.145. The Morgan fingerprint density at radius 2 is 1.55 bits per heavy atom. The lowest BCUT2D eigenvalue weighted by atomic mass is 9.85. The van der Waals surface area contributed by atoms with Crippen LogP contribution in [0.1, 0.15) is 61.3 Å². The molecule has 0 aromatic heterocycles. The predicted octanol–water partition coefficient (Wildman–Crippen LogP) is 0.245. The van der Waals surface area contributed by atoms with E-state index < -0.39 is 59.1 Å². The van der Waals surface area contributed by atoms with Crippen molar-refractivity contribution in [2.45, 2.75) is 85.5 Å². The van der Waals surface area contributed by atoms with Gasteiger partial charge >= 0.3 is 6.03 Å². The second-order valence-electron chi connectivity index (χ2n) is 13.8. The molecule has 2 aliphatic carbocycles. The number of hydrogen-bond donors (Lipinski definition) is 4. The molecule has 0 spiro atoms. The number of hydrogen-bond acceptors (Lipinski definition) is 6. The molecule has 0 aromatic carbocycles. The summed E-state index contributed by atoms with van der Waals surface area (Å²) < 4.78 is 0. The van der Waals surface area contributed by atoms with E-state index in [0.717, 1.165) is 0 Å². The molecule has 0 radical (unpaired) electrons. The Morgan fingerprint density at radius 3 is 2.00 bits per heavy atom. The molecule has 5 N–H and O–H groups in total. The normalized spacial score (nSPS) is 25.2. The van der Waals surface area contributed by atoms with E-state index in [1.165, 1.54) is 9.80 Å². The number of likely N-dealkylation sites (tertiary alicyclic amines) is 1. The van der Waals surface area contributed by atoms with E-state index in [4.69, 9.17) is 5.73 Å². The molecule has 0 aromatic rings. The standard InChI is InChI=1S/C28H46N6O6/c1-13(2)17(24(38)33(8)9)31-26(40)32-21(27(3,4)5)25(39)34-12-15-16(28(15,6)7)19(34)23(37)30-18(14-10-11-14)20(35)22(29)36/h13-19,21H,10-12H2,1-9H3,(H2,29,36)(H,30,37)(H2,31,32,40)/t15-,16-,17-,18?,19-,21+/m0/s1. The fraction of sp³-hybridized carbons (Fsp3) is 0.786. The molecule has 1 aliphatic heterocycles. The van der Waals surface area contributed by atoms with Crippen LogP contribution in [0, 0.1) is 34.5 Å². The van der Waals surface area contributed by atoms with Crippen LogP contribution >= 0.6 is 0 Å². The smallest absolute Gasteiger partial charge is 0.316 e. The lowest BCUT2D eigenvalue weighted by Crippen LogP contribution is -2.62. The molecule has 12 nitrogen and oxygen atoms in total. The minimum Gasteiger partial charge on any atom is -0.363 e. The number of nitrogens with zero attached hydrogens (tertiary/aromatic N) is 2. The van der Waals surface area contributed by atoms with Gasteiger partial charge in [-0.2, -0.15) is 0 Å². The lowest BCUT2D eigenvalue weighted by Gasteiger charge is -2.38. The maximum Gasteiger partial charge on any atom is 0.316 e. The van der Waals surface area contributed by atoms with Crippen LogP contribution in [0.15, 0.2) is 0 Å². The number of rotatable bonds is 10. The zero-order valence-electron chi connectivity index (χ0n) is 25.2. The van der Waals surface area contributed by atoms with Crippen molar-refractivity contribution in [3.8, 4) is 0 Å². The summed E-state index contributed by atoms with van der Waals surface area (Å²) >= 11 is 0. The SMILES string of the molecule is CC(C)[C@H](NC(=O)N[C@H](C(=O)N1C[C@H]2[C@@H]([C@H]1C(=O)NC(C(=O)C(N)=O)C1CC1)C2(C)C)C(C)(C)C)C(=O)N(C)C. The average Bonchev–Trinajstić information content (AvgIpc) is 3.70. The van der Waals surface area contributed by atoms with Gasteiger partial charge in [-0.1, -0.05) is 48.5 Å². The zero-order chi connectivity index (χ0) is 30.5. The van der Waals surface area contributed by atoms with Crippen molar-refractivity contribution in [2.75, 3.05) is 20.6 Å². The topological polar surface area (TPSA) is 171 Å². The van der Waals surface area contributed by atoms with Gasteiger partial charge in [0.15, 0.2) is 0 Å². The molecule has 12 heteroatoms.